The second kappa shape index (κ2) is 6.69. The summed E-state index contributed by atoms with van der Waals surface area (Å²) in [6, 6.07) is 0.269. The lowest BCUT2D eigenvalue weighted by molar-refractivity contribution is -0.385. The number of hydrogen-bond acceptors (Lipinski definition) is 6. The highest BCUT2D eigenvalue weighted by molar-refractivity contribution is 5.63. The Kier molecular flexibility index (Phi) is 4.93. The summed E-state index contributed by atoms with van der Waals surface area (Å²) in [7, 11) is 0. The van der Waals surface area contributed by atoms with Gasteiger partial charge >= 0.3 is 5.69 Å². The molecule has 0 radical (unpaired) electrons. The van der Waals surface area contributed by atoms with Crippen LogP contribution < -0.4 is 10.2 Å². The van der Waals surface area contributed by atoms with Crippen LogP contribution in [-0.4, -0.2) is 34.0 Å². The van der Waals surface area contributed by atoms with Gasteiger partial charge in [0.2, 0.25) is 11.8 Å². The van der Waals surface area contributed by atoms with Crippen LogP contribution in [0.15, 0.2) is 0 Å². The molecule has 1 N–H and O–H groups in total. The van der Waals surface area contributed by atoms with Crippen molar-refractivity contribution in [2.24, 2.45) is 0 Å². The average molecular weight is 293 g/mol. The van der Waals surface area contributed by atoms with Gasteiger partial charge in [-0.05, 0) is 39.5 Å². The van der Waals surface area contributed by atoms with Crippen molar-refractivity contribution in [2.45, 2.75) is 52.5 Å². The van der Waals surface area contributed by atoms with Crippen LogP contribution >= 0.6 is 0 Å². The molecular weight excluding hydrogens is 270 g/mol. The fourth-order valence-corrected chi connectivity index (χ4v) is 2.69. The Labute approximate surface area is 124 Å². The molecule has 0 bridgehead atoms. The fourth-order valence-electron chi connectivity index (χ4n) is 2.69. The molecule has 0 spiro atoms. The van der Waals surface area contributed by atoms with Crippen LogP contribution in [0.3, 0.4) is 0 Å². The van der Waals surface area contributed by atoms with Gasteiger partial charge < -0.3 is 10.2 Å². The molecule has 21 heavy (non-hydrogen) atoms. The monoisotopic (exact) mass is 293 g/mol. The van der Waals surface area contributed by atoms with E-state index < -0.39 is 0 Å². The van der Waals surface area contributed by atoms with Gasteiger partial charge in [0.05, 0.1) is 4.92 Å². The first-order chi connectivity index (χ1) is 10.0. The number of piperidine rings is 1. The van der Waals surface area contributed by atoms with Crippen LogP contribution in [0.5, 0.6) is 0 Å². The Morgan fingerprint density at radius 1 is 1.43 bits per heavy atom. The van der Waals surface area contributed by atoms with Crippen molar-refractivity contribution in [3.8, 4) is 0 Å². The van der Waals surface area contributed by atoms with Gasteiger partial charge in [0.1, 0.15) is 5.69 Å². The lowest BCUT2D eigenvalue weighted by Crippen LogP contribution is -2.38. The molecule has 0 saturated carbocycles. The maximum atomic E-state index is 11.4. The summed E-state index contributed by atoms with van der Waals surface area (Å²) < 4.78 is 0. The molecule has 2 rings (SSSR count). The lowest BCUT2D eigenvalue weighted by atomic mass is 10.0. The minimum atomic E-state index is -0.365. The summed E-state index contributed by atoms with van der Waals surface area (Å²) in [5.41, 5.74) is 0.451. The maximum absolute atomic E-state index is 11.4. The van der Waals surface area contributed by atoms with Crippen molar-refractivity contribution in [1.82, 2.24) is 9.97 Å². The van der Waals surface area contributed by atoms with Crippen LogP contribution in [0.25, 0.3) is 0 Å². The Morgan fingerprint density at radius 2 is 2.19 bits per heavy atom. The van der Waals surface area contributed by atoms with Gasteiger partial charge in [0.15, 0.2) is 0 Å². The van der Waals surface area contributed by atoms with Crippen LogP contribution in [-0.2, 0) is 0 Å². The van der Waals surface area contributed by atoms with E-state index in [4.69, 9.17) is 0 Å². The number of nitrogens with one attached hydrogen (secondary N) is 1. The van der Waals surface area contributed by atoms with Gasteiger partial charge in [-0.15, -0.1) is 0 Å². The van der Waals surface area contributed by atoms with E-state index in [0.29, 0.717) is 17.5 Å². The second-order valence-corrected chi connectivity index (χ2v) is 5.53. The van der Waals surface area contributed by atoms with Gasteiger partial charge in [-0.1, -0.05) is 6.92 Å². The quantitative estimate of drug-likeness (QED) is 0.663. The number of anilines is 2. The van der Waals surface area contributed by atoms with Crippen molar-refractivity contribution in [2.75, 3.05) is 23.3 Å². The van der Waals surface area contributed by atoms with Crippen molar-refractivity contribution < 1.29 is 4.92 Å². The Balaban J connectivity index is 2.43. The Hall–Kier alpha value is -1.92. The molecular formula is C14H23N5O2. The molecule has 1 aromatic heterocycles. The van der Waals surface area contributed by atoms with Crippen molar-refractivity contribution in [3.05, 3.63) is 15.8 Å². The summed E-state index contributed by atoms with van der Waals surface area (Å²) in [5.74, 6) is 0.936. The Morgan fingerprint density at radius 3 is 2.81 bits per heavy atom. The standard InChI is InChI=1S/C14H23N5O2/c1-4-8-15-14-16-11(3)12(19(20)21)13(17-14)18-9-6-5-7-10(18)2/h10H,4-9H2,1-3H3,(H,15,16,17). The molecule has 0 amide bonds. The zero-order valence-electron chi connectivity index (χ0n) is 12.9. The fraction of sp³-hybridized carbons (Fsp3) is 0.714. The summed E-state index contributed by atoms with van der Waals surface area (Å²) in [6.07, 6.45) is 4.20. The smallest absolute Gasteiger partial charge is 0.332 e. The van der Waals surface area contributed by atoms with Gasteiger partial charge in [0, 0.05) is 19.1 Å². The molecule has 1 unspecified atom stereocenters. The minimum Gasteiger partial charge on any atom is -0.354 e. The van der Waals surface area contributed by atoms with Crippen LogP contribution in [0.2, 0.25) is 0 Å². The van der Waals surface area contributed by atoms with Gasteiger partial charge in [-0.3, -0.25) is 10.1 Å². The predicted octanol–water partition coefficient (Wildman–Crippen LogP) is 2.89. The largest absolute Gasteiger partial charge is 0.354 e. The highest BCUT2D eigenvalue weighted by atomic mass is 16.6. The van der Waals surface area contributed by atoms with Gasteiger partial charge in [-0.25, -0.2) is 4.98 Å². The van der Waals surface area contributed by atoms with Crippen molar-refractivity contribution >= 4 is 17.5 Å². The number of nitrogens with zero attached hydrogens (tertiary/aromatic N) is 4. The molecule has 7 heteroatoms. The molecule has 0 aromatic carbocycles. The van der Waals surface area contributed by atoms with E-state index >= 15 is 0 Å². The average Bonchev–Trinajstić information content (AvgIpc) is 2.44. The van der Waals surface area contributed by atoms with Crippen LogP contribution in [0.1, 0.15) is 45.2 Å². The summed E-state index contributed by atoms with van der Waals surface area (Å²) in [6.45, 7) is 7.39. The third kappa shape index (κ3) is 3.40. The van der Waals surface area contributed by atoms with E-state index in [9.17, 15) is 10.1 Å². The summed E-state index contributed by atoms with van der Waals surface area (Å²) in [5, 5.41) is 14.5. The molecule has 116 valence electrons. The molecule has 7 nitrogen and oxygen atoms in total. The topological polar surface area (TPSA) is 84.2 Å². The van der Waals surface area contributed by atoms with E-state index in [0.717, 1.165) is 38.8 Å². The van der Waals surface area contributed by atoms with Crippen LogP contribution in [0, 0.1) is 17.0 Å². The molecule has 1 aromatic rings. The zero-order chi connectivity index (χ0) is 15.4. The molecule has 1 fully saturated rings. The highest BCUT2D eigenvalue weighted by Gasteiger charge is 2.30. The highest BCUT2D eigenvalue weighted by Crippen LogP contribution is 2.33. The first-order valence-corrected chi connectivity index (χ1v) is 7.58. The molecule has 0 aliphatic carbocycles. The van der Waals surface area contributed by atoms with E-state index in [2.05, 4.69) is 29.1 Å². The first-order valence-electron chi connectivity index (χ1n) is 7.58. The first kappa shape index (κ1) is 15.5. The number of hydrogen-bond donors (Lipinski definition) is 1. The van der Waals surface area contributed by atoms with Crippen molar-refractivity contribution in [3.63, 3.8) is 0 Å². The van der Waals surface area contributed by atoms with E-state index in [-0.39, 0.29) is 16.7 Å². The zero-order valence-corrected chi connectivity index (χ0v) is 12.9. The number of rotatable bonds is 5. The molecule has 2 heterocycles. The van der Waals surface area contributed by atoms with Gasteiger partial charge in [-0.2, -0.15) is 4.98 Å². The van der Waals surface area contributed by atoms with E-state index in [1.54, 1.807) is 6.92 Å². The molecule has 1 aliphatic rings. The summed E-state index contributed by atoms with van der Waals surface area (Å²) in [4.78, 5) is 21.7. The SMILES string of the molecule is CCCNc1nc(C)c([N+](=O)[O-])c(N2CCCCC2C)n1. The van der Waals surface area contributed by atoms with E-state index in [1.807, 2.05) is 4.90 Å². The predicted molar refractivity (Wildman–Crippen MR) is 82.9 cm³/mol. The van der Waals surface area contributed by atoms with Crippen molar-refractivity contribution in [1.29, 1.82) is 0 Å². The van der Waals surface area contributed by atoms with E-state index in [1.165, 1.54) is 0 Å². The molecule has 1 aliphatic heterocycles. The lowest BCUT2D eigenvalue weighted by Gasteiger charge is -2.34. The maximum Gasteiger partial charge on any atom is 0.332 e. The third-order valence-corrected chi connectivity index (χ3v) is 3.83. The normalized spacial score (nSPS) is 18.6. The van der Waals surface area contributed by atoms with Crippen LogP contribution in [0.4, 0.5) is 17.5 Å². The minimum absolute atomic E-state index is 0.0331. The molecule has 1 saturated heterocycles. The number of nitro groups is 1. The second-order valence-electron chi connectivity index (χ2n) is 5.53. The van der Waals surface area contributed by atoms with Gasteiger partial charge in [0.25, 0.3) is 0 Å². The summed E-state index contributed by atoms with van der Waals surface area (Å²) >= 11 is 0. The number of aromatic nitrogens is 2. The molecule has 1 atom stereocenters. The number of aryl methyl sites for hydroxylation is 1. The third-order valence-electron chi connectivity index (χ3n) is 3.83. The Bertz CT molecular complexity index is 520.